The second kappa shape index (κ2) is 8.77. The van der Waals surface area contributed by atoms with E-state index >= 15 is 0 Å². The molecule has 0 spiro atoms. The summed E-state index contributed by atoms with van der Waals surface area (Å²) in [6, 6.07) is 13.9. The van der Waals surface area contributed by atoms with Crippen LogP contribution < -0.4 is 11.1 Å². The predicted octanol–water partition coefficient (Wildman–Crippen LogP) is 3.53. The molecule has 1 aromatic carbocycles. The predicted molar refractivity (Wildman–Crippen MR) is 113 cm³/mol. The quantitative estimate of drug-likeness (QED) is 0.620. The number of nitrogen functional groups attached to an aromatic ring is 1. The number of nitrogens with zero attached hydrogens (tertiary/aromatic N) is 3. The van der Waals surface area contributed by atoms with Crippen LogP contribution in [0.15, 0.2) is 54.9 Å². The summed E-state index contributed by atoms with van der Waals surface area (Å²) >= 11 is 0. The van der Waals surface area contributed by atoms with Crippen LogP contribution in [0.1, 0.15) is 36.6 Å². The van der Waals surface area contributed by atoms with Gasteiger partial charge in [-0.1, -0.05) is 30.3 Å². The van der Waals surface area contributed by atoms with Gasteiger partial charge in [0.15, 0.2) is 0 Å². The van der Waals surface area contributed by atoms with Crippen molar-refractivity contribution in [3.8, 4) is 11.1 Å². The van der Waals surface area contributed by atoms with Gasteiger partial charge in [0.05, 0.1) is 17.9 Å². The molecule has 1 saturated heterocycles. The summed E-state index contributed by atoms with van der Waals surface area (Å²) in [7, 11) is 0. The Kier molecular flexibility index (Phi) is 5.74. The van der Waals surface area contributed by atoms with Gasteiger partial charge in [-0.25, -0.2) is 9.78 Å². The Labute approximate surface area is 170 Å². The number of amides is 2. The second-order valence-corrected chi connectivity index (χ2v) is 7.34. The summed E-state index contributed by atoms with van der Waals surface area (Å²) in [5, 5.41) is 10.5. The number of H-pyrrole nitrogens is 1. The first kappa shape index (κ1) is 19.0. The molecule has 3 heterocycles. The zero-order valence-electron chi connectivity index (χ0n) is 16.3. The Morgan fingerprint density at radius 1 is 1.24 bits per heavy atom. The normalized spacial score (nSPS) is 16.6. The molecule has 150 valence electrons. The maximum atomic E-state index is 12.9. The molecule has 0 aliphatic carbocycles. The number of piperidine rings is 1. The Morgan fingerprint density at radius 2 is 2.10 bits per heavy atom. The fourth-order valence-corrected chi connectivity index (χ4v) is 3.93. The van der Waals surface area contributed by atoms with Crippen LogP contribution in [-0.2, 0) is 6.42 Å². The fourth-order valence-electron chi connectivity index (χ4n) is 3.93. The summed E-state index contributed by atoms with van der Waals surface area (Å²) in [6.07, 6.45) is 7.29. The molecule has 7 nitrogen and oxygen atoms in total. The molecule has 0 radical (unpaired) electrons. The summed E-state index contributed by atoms with van der Waals surface area (Å²) in [5.41, 5.74) is 9.95. The first-order chi connectivity index (χ1) is 14.2. The van der Waals surface area contributed by atoms with E-state index in [1.165, 1.54) is 5.56 Å². The van der Waals surface area contributed by atoms with Crippen LogP contribution in [0.3, 0.4) is 0 Å². The molecular formula is C22H26N6O. The summed E-state index contributed by atoms with van der Waals surface area (Å²) in [5.74, 6) is 0.466. The lowest BCUT2D eigenvalue weighted by Crippen LogP contribution is -2.45. The lowest BCUT2D eigenvalue weighted by atomic mass is 9.95. The van der Waals surface area contributed by atoms with E-state index in [0.717, 1.165) is 49.0 Å². The van der Waals surface area contributed by atoms with Crippen molar-refractivity contribution in [1.29, 1.82) is 0 Å². The third kappa shape index (κ3) is 4.39. The number of hydrogen-bond acceptors (Lipinski definition) is 4. The fraction of sp³-hybridized carbons (Fsp3) is 0.318. The molecule has 7 heteroatoms. The van der Waals surface area contributed by atoms with E-state index in [2.05, 4.69) is 32.6 Å². The van der Waals surface area contributed by atoms with Gasteiger partial charge in [0, 0.05) is 24.8 Å². The topological polar surface area (TPSA) is 99.9 Å². The molecule has 0 bridgehead atoms. The highest BCUT2D eigenvalue weighted by Gasteiger charge is 2.31. The van der Waals surface area contributed by atoms with Crippen LogP contribution in [0, 0.1) is 0 Å². The van der Waals surface area contributed by atoms with E-state index in [9.17, 15) is 4.79 Å². The molecular weight excluding hydrogens is 364 g/mol. The molecule has 2 aromatic heterocycles. The molecule has 3 aromatic rings. The van der Waals surface area contributed by atoms with Gasteiger partial charge in [0.1, 0.15) is 5.82 Å². The lowest BCUT2D eigenvalue weighted by Gasteiger charge is -2.35. The number of nitrogens with two attached hydrogens (primary N) is 1. The number of aromatic nitrogens is 3. The molecule has 2 amide bonds. The Bertz CT molecular complexity index is 955. The monoisotopic (exact) mass is 390 g/mol. The number of benzene rings is 1. The van der Waals surface area contributed by atoms with Gasteiger partial charge in [-0.15, -0.1) is 0 Å². The molecule has 1 atom stereocenters. The van der Waals surface area contributed by atoms with Crippen LogP contribution in [0.2, 0.25) is 0 Å². The maximum absolute atomic E-state index is 12.9. The van der Waals surface area contributed by atoms with Crippen molar-refractivity contribution in [2.45, 2.75) is 31.7 Å². The van der Waals surface area contributed by atoms with Crippen LogP contribution in [0.4, 0.5) is 10.6 Å². The van der Waals surface area contributed by atoms with Crippen LogP contribution in [-0.4, -0.2) is 39.2 Å². The number of nitrogens with one attached hydrogen (secondary N) is 2. The highest BCUT2D eigenvalue weighted by molar-refractivity contribution is 5.76. The number of pyridine rings is 1. The zero-order valence-corrected chi connectivity index (χ0v) is 16.3. The minimum Gasteiger partial charge on any atom is -0.384 e. The number of rotatable bonds is 5. The summed E-state index contributed by atoms with van der Waals surface area (Å²) in [6.45, 7) is 1.35. The molecule has 1 aliphatic rings. The van der Waals surface area contributed by atoms with Gasteiger partial charge >= 0.3 is 6.03 Å². The maximum Gasteiger partial charge on any atom is 0.317 e. The number of likely N-dealkylation sites (tertiary alicyclic amines) is 1. The second-order valence-electron chi connectivity index (χ2n) is 7.34. The average Bonchev–Trinajstić information content (AvgIpc) is 3.24. The first-order valence-corrected chi connectivity index (χ1v) is 10.1. The summed E-state index contributed by atoms with van der Waals surface area (Å²) in [4.78, 5) is 18.9. The third-order valence-electron chi connectivity index (χ3n) is 5.39. The molecule has 4 N–H and O–H groups in total. The van der Waals surface area contributed by atoms with Crippen LogP contribution in [0.5, 0.6) is 0 Å². The SMILES string of the molecule is Nc1cc(-c2cn[nH]c2C2CCCCN2C(=O)NCCc2ccccc2)ccn1. The van der Waals surface area contributed by atoms with E-state index in [1.807, 2.05) is 35.2 Å². The smallest absolute Gasteiger partial charge is 0.317 e. The van der Waals surface area contributed by atoms with Crippen molar-refractivity contribution in [2.75, 3.05) is 18.8 Å². The van der Waals surface area contributed by atoms with Crippen molar-refractivity contribution in [1.82, 2.24) is 25.4 Å². The molecule has 0 saturated carbocycles. The van der Waals surface area contributed by atoms with Gasteiger partial charge in [-0.05, 0) is 48.9 Å². The van der Waals surface area contributed by atoms with Gasteiger partial charge in [0.25, 0.3) is 0 Å². The summed E-state index contributed by atoms with van der Waals surface area (Å²) < 4.78 is 0. The van der Waals surface area contributed by atoms with Gasteiger partial charge in [-0.3, -0.25) is 5.10 Å². The zero-order chi connectivity index (χ0) is 20.1. The van der Waals surface area contributed by atoms with Crippen molar-refractivity contribution in [2.24, 2.45) is 0 Å². The third-order valence-corrected chi connectivity index (χ3v) is 5.39. The van der Waals surface area contributed by atoms with Crippen LogP contribution in [0.25, 0.3) is 11.1 Å². The molecule has 4 rings (SSSR count). The first-order valence-electron chi connectivity index (χ1n) is 10.1. The molecule has 29 heavy (non-hydrogen) atoms. The number of carbonyl (C=O) groups is 1. The highest BCUT2D eigenvalue weighted by atomic mass is 16.2. The molecule has 1 aliphatic heterocycles. The standard InChI is InChI=1S/C22H26N6O/c23-20-14-17(10-12-24-20)18-15-26-27-21(18)19-8-4-5-13-28(19)22(29)25-11-9-16-6-2-1-3-7-16/h1-3,6-7,10,12,14-15,19H,4-5,8-9,11,13H2,(H2,23,24)(H,25,29)(H,26,27). The van der Waals surface area contributed by atoms with Crippen molar-refractivity contribution >= 4 is 11.8 Å². The Morgan fingerprint density at radius 3 is 2.93 bits per heavy atom. The average molecular weight is 390 g/mol. The number of carbonyl (C=O) groups excluding carboxylic acids is 1. The minimum absolute atomic E-state index is 0.0274. The van der Waals surface area contributed by atoms with Crippen molar-refractivity contribution in [3.05, 3.63) is 66.1 Å². The Balaban J connectivity index is 1.48. The number of urea groups is 1. The lowest BCUT2D eigenvalue weighted by molar-refractivity contribution is 0.150. The van der Waals surface area contributed by atoms with E-state index in [0.29, 0.717) is 12.4 Å². The Hall–Kier alpha value is -3.35. The van der Waals surface area contributed by atoms with E-state index in [-0.39, 0.29) is 12.1 Å². The number of anilines is 1. The largest absolute Gasteiger partial charge is 0.384 e. The van der Waals surface area contributed by atoms with Crippen molar-refractivity contribution < 1.29 is 4.79 Å². The number of hydrogen-bond donors (Lipinski definition) is 3. The van der Waals surface area contributed by atoms with Gasteiger partial charge in [-0.2, -0.15) is 5.10 Å². The number of aromatic amines is 1. The van der Waals surface area contributed by atoms with Crippen LogP contribution >= 0.6 is 0 Å². The highest BCUT2D eigenvalue weighted by Crippen LogP contribution is 2.35. The van der Waals surface area contributed by atoms with Crippen molar-refractivity contribution in [3.63, 3.8) is 0 Å². The van der Waals surface area contributed by atoms with E-state index in [4.69, 9.17) is 5.73 Å². The van der Waals surface area contributed by atoms with E-state index < -0.39 is 0 Å². The van der Waals surface area contributed by atoms with E-state index in [1.54, 1.807) is 12.4 Å². The van der Waals surface area contributed by atoms with Gasteiger partial charge in [0.2, 0.25) is 0 Å². The van der Waals surface area contributed by atoms with Gasteiger partial charge < -0.3 is 16.0 Å². The molecule has 1 fully saturated rings. The minimum atomic E-state index is -0.0348. The molecule has 1 unspecified atom stereocenters.